The van der Waals surface area contributed by atoms with E-state index in [9.17, 15) is 19.2 Å². The van der Waals surface area contributed by atoms with Crippen molar-refractivity contribution in [1.29, 1.82) is 0 Å². The van der Waals surface area contributed by atoms with Gasteiger partial charge in [0.25, 0.3) is 11.7 Å². The molecule has 4 rings (SSSR count). The zero-order chi connectivity index (χ0) is 22.8. The van der Waals surface area contributed by atoms with Crippen molar-refractivity contribution in [3.8, 4) is 0 Å². The monoisotopic (exact) mass is 452 g/mol. The molecule has 2 aromatic carbocycles. The van der Waals surface area contributed by atoms with Gasteiger partial charge in [-0.15, -0.1) is 0 Å². The molecule has 1 amide bonds. The van der Waals surface area contributed by atoms with Crippen LogP contribution in [0.3, 0.4) is 0 Å². The van der Waals surface area contributed by atoms with Crippen LogP contribution < -0.4 is 5.32 Å². The Morgan fingerprint density at radius 1 is 1.12 bits per heavy atom. The Kier molecular flexibility index (Phi) is 5.79. The first-order valence-electron chi connectivity index (χ1n) is 9.55. The van der Waals surface area contributed by atoms with Gasteiger partial charge in [-0.05, 0) is 23.8 Å². The number of esters is 2. The van der Waals surface area contributed by atoms with Crippen LogP contribution in [0.1, 0.15) is 26.3 Å². The van der Waals surface area contributed by atoms with E-state index < -0.39 is 23.6 Å². The first kappa shape index (κ1) is 21.3. The molecule has 1 N–H and O–H groups in total. The molecule has 2 heterocycles. The summed E-state index contributed by atoms with van der Waals surface area (Å²) in [4.78, 5) is 49.1. The van der Waals surface area contributed by atoms with Crippen LogP contribution in [0.4, 0.5) is 0 Å². The second kappa shape index (κ2) is 8.68. The van der Waals surface area contributed by atoms with E-state index in [0.29, 0.717) is 22.5 Å². The number of methoxy groups -OCH3 is 1. The van der Waals surface area contributed by atoms with E-state index in [-0.39, 0.29) is 23.4 Å². The number of para-hydroxylation sites is 1. The molecule has 0 bridgehead atoms. The molecular formula is C23H17ClN2O6. The zero-order valence-corrected chi connectivity index (χ0v) is 17.6. The lowest BCUT2D eigenvalue weighted by atomic mass is 10.1. The fraction of sp³-hybridized carbons (Fsp3) is 0.130. The van der Waals surface area contributed by atoms with E-state index in [0.717, 1.165) is 11.6 Å². The molecule has 0 radical (unpaired) electrons. The van der Waals surface area contributed by atoms with Crippen LogP contribution in [0.2, 0.25) is 5.02 Å². The third kappa shape index (κ3) is 4.13. The summed E-state index contributed by atoms with van der Waals surface area (Å²) in [6, 6.07) is 12.0. The van der Waals surface area contributed by atoms with Crippen molar-refractivity contribution in [2.75, 3.05) is 13.7 Å². The lowest BCUT2D eigenvalue weighted by molar-refractivity contribution is -0.135. The van der Waals surface area contributed by atoms with E-state index in [1.807, 2.05) is 12.1 Å². The Balaban J connectivity index is 1.77. The molecule has 0 fully saturated rings. The van der Waals surface area contributed by atoms with Crippen LogP contribution in [-0.4, -0.2) is 41.9 Å². The molecule has 0 spiro atoms. The highest BCUT2D eigenvalue weighted by molar-refractivity contribution is 6.45. The van der Waals surface area contributed by atoms with E-state index in [4.69, 9.17) is 21.1 Å². The predicted octanol–water partition coefficient (Wildman–Crippen LogP) is 2.87. The highest BCUT2D eigenvalue weighted by atomic mass is 35.5. The Morgan fingerprint density at radius 2 is 1.88 bits per heavy atom. The third-order valence-corrected chi connectivity index (χ3v) is 5.21. The van der Waals surface area contributed by atoms with E-state index in [1.54, 1.807) is 34.9 Å². The van der Waals surface area contributed by atoms with Gasteiger partial charge in [0.1, 0.15) is 6.61 Å². The number of amides is 1. The first-order chi connectivity index (χ1) is 15.4. The molecule has 0 unspecified atom stereocenters. The number of benzene rings is 2. The van der Waals surface area contributed by atoms with Gasteiger partial charge < -0.3 is 19.4 Å². The second-order valence-corrected chi connectivity index (χ2v) is 7.49. The minimum atomic E-state index is -0.913. The quantitative estimate of drug-likeness (QED) is 0.350. The number of cyclic esters (lactones) is 1. The molecule has 1 aromatic heterocycles. The van der Waals surface area contributed by atoms with Crippen LogP contribution in [0, 0.1) is 0 Å². The molecule has 0 saturated heterocycles. The van der Waals surface area contributed by atoms with Gasteiger partial charge >= 0.3 is 11.9 Å². The number of fused-ring (bicyclic) bond motifs is 1. The number of hydrogen-bond acceptors (Lipinski definition) is 6. The van der Waals surface area contributed by atoms with Gasteiger partial charge in [0.15, 0.2) is 0 Å². The maximum Gasteiger partial charge on any atom is 0.340 e. The third-order valence-electron chi connectivity index (χ3n) is 4.96. The first-order valence-corrected chi connectivity index (χ1v) is 9.93. The smallest absolute Gasteiger partial charge is 0.340 e. The van der Waals surface area contributed by atoms with Gasteiger partial charge in [-0.3, -0.25) is 9.59 Å². The van der Waals surface area contributed by atoms with Crippen LogP contribution in [-0.2, 0) is 25.6 Å². The van der Waals surface area contributed by atoms with Crippen molar-refractivity contribution in [2.45, 2.75) is 6.54 Å². The number of rotatable bonds is 6. The number of nitrogens with zero attached hydrogens (tertiary/aromatic N) is 1. The largest absolute Gasteiger partial charge is 0.465 e. The number of carbonyl (C=O) groups excluding carboxylic acids is 4. The van der Waals surface area contributed by atoms with Gasteiger partial charge in [0.05, 0.1) is 29.5 Å². The number of ketones is 1. The molecule has 1 aliphatic heterocycles. The van der Waals surface area contributed by atoms with Gasteiger partial charge in [-0.25, -0.2) is 9.59 Å². The Morgan fingerprint density at radius 3 is 2.53 bits per heavy atom. The zero-order valence-electron chi connectivity index (χ0n) is 16.9. The van der Waals surface area contributed by atoms with Crippen molar-refractivity contribution in [3.05, 3.63) is 82.1 Å². The molecule has 1 aliphatic rings. The minimum Gasteiger partial charge on any atom is -0.465 e. The Bertz CT molecular complexity index is 1290. The average molecular weight is 453 g/mol. The maximum absolute atomic E-state index is 13.0. The number of halogens is 1. The van der Waals surface area contributed by atoms with Crippen LogP contribution >= 0.6 is 11.6 Å². The summed E-state index contributed by atoms with van der Waals surface area (Å²) in [6.07, 6.45) is 2.64. The van der Waals surface area contributed by atoms with Crippen LogP contribution in [0.15, 0.2) is 60.4 Å². The number of ether oxygens (including phenoxy) is 2. The fourth-order valence-corrected chi connectivity index (χ4v) is 3.62. The highest BCUT2D eigenvalue weighted by Crippen LogP contribution is 2.27. The highest BCUT2D eigenvalue weighted by Gasteiger charge is 2.26. The van der Waals surface area contributed by atoms with Crippen molar-refractivity contribution < 1.29 is 28.7 Å². The Hall–Kier alpha value is -3.91. The molecule has 32 heavy (non-hydrogen) atoms. The number of carbonyl (C=O) groups is 4. The molecule has 162 valence electrons. The maximum atomic E-state index is 13.0. The number of aromatic nitrogens is 1. The second-order valence-electron chi connectivity index (χ2n) is 7.05. The summed E-state index contributed by atoms with van der Waals surface area (Å²) in [5.74, 6) is -2.88. The SMILES string of the molecule is COC(=O)c1cccc2c(C(=O)C(=O)NC3=CC(=O)OC3)cn(Cc3ccc(Cl)cc3)c12. The minimum absolute atomic E-state index is 0.108. The van der Waals surface area contributed by atoms with Crippen LogP contribution in [0.25, 0.3) is 10.9 Å². The number of Topliss-reactive ketones (excluding diaryl/α,β-unsaturated/α-hetero) is 1. The molecule has 0 aliphatic carbocycles. The number of nitrogens with one attached hydrogen (secondary N) is 1. The summed E-state index contributed by atoms with van der Waals surface area (Å²) in [5, 5.41) is 3.40. The summed E-state index contributed by atoms with van der Waals surface area (Å²) in [5.41, 5.74) is 1.91. The molecule has 8 nitrogen and oxygen atoms in total. The van der Waals surface area contributed by atoms with E-state index in [1.165, 1.54) is 13.3 Å². The van der Waals surface area contributed by atoms with Gasteiger partial charge in [-0.2, -0.15) is 0 Å². The van der Waals surface area contributed by atoms with Gasteiger partial charge in [0, 0.05) is 29.2 Å². The van der Waals surface area contributed by atoms with E-state index >= 15 is 0 Å². The standard InChI is InChI=1S/C23H17ClN2O6/c1-31-23(30)17-4-2-3-16-18(21(28)22(29)25-15-9-19(27)32-12-15)11-26(20(16)17)10-13-5-7-14(24)8-6-13/h2-9,11H,10,12H2,1H3,(H,25,29). The molecule has 0 saturated carbocycles. The molecule has 9 heteroatoms. The van der Waals surface area contributed by atoms with Crippen molar-refractivity contribution in [3.63, 3.8) is 0 Å². The van der Waals surface area contributed by atoms with Crippen molar-refractivity contribution >= 4 is 46.1 Å². The summed E-state index contributed by atoms with van der Waals surface area (Å²) >= 11 is 5.96. The lowest BCUT2D eigenvalue weighted by Crippen LogP contribution is -2.31. The van der Waals surface area contributed by atoms with E-state index in [2.05, 4.69) is 5.32 Å². The molecule has 3 aromatic rings. The van der Waals surface area contributed by atoms with Gasteiger partial charge in [-0.1, -0.05) is 35.9 Å². The fourth-order valence-electron chi connectivity index (χ4n) is 3.50. The lowest BCUT2D eigenvalue weighted by Gasteiger charge is -2.09. The van der Waals surface area contributed by atoms with Gasteiger partial charge in [0.2, 0.25) is 0 Å². The summed E-state index contributed by atoms with van der Waals surface area (Å²) in [7, 11) is 1.27. The topological polar surface area (TPSA) is 104 Å². The van der Waals surface area contributed by atoms with Crippen molar-refractivity contribution in [2.24, 2.45) is 0 Å². The summed E-state index contributed by atoms with van der Waals surface area (Å²) in [6.45, 7) is 0.215. The molecular weight excluding hydrogens is 436 g/mol. The van der Waals surface area contributed by atoms with Crippen molar-refractivity contribution in [1.82, 2.24) is 9.88 Å². The summed E-state index contributed by atoms with van der Waals surface area (Å²) < 4.78 is 11.3. The Labute approximate surface area is 187 Å². The molecule has 0 atom stereocenters. The normalized spacial score (nSPS) is 12.9. The average Bonchev–Trinajstić information content (AvgIpc) is 3.37. The number of hydrogen-bond donors (Lipinski definition) is 1. The van der Waals surface area contributed by atoms with Crippen LogP contribution in [0.5, 0.6) is 0 Å². The predicted molar refractivity (Wildman–Crippen MR) is 115 cm³/mol.